The van der Waals surface area contributed by atoms with Crippen LogP contribution in [0.5, 0.6) is 5.75 Å². The first kappa shape index (κ1) is 21.8. The molecule has 1 amide bonds. The van der Waals surface area contributed by atoms with Crippen LogP contribution in [0.2, 0.25) is 0 Å². The number of aromatic nitrogens is 3. The molecule has 1 saturated heterocycles. The van der Waals surface area contributed by atoms with E-state index in [2.05, 4.69) is 4.98 Å². The number of likely N-dealkylation sites (tertiary alicyclic amines) is 1. The molecule has 1 fully saturated rings. The summed E-state index contributed by atoms with van der Waals surface area (Å²) in [6, 6.07) is 6.93. The van der Waals surface area contributed by atoms with Crippen LogP contribution in [0.4, 0.5) is 13.2 Å². The molecule has 0 radical (unpaired) electrons. The number of carbonyl (C=O) groups is 1. The van der Waals surface area contributed by atoms with Gasteiger partial charge in [-0.15, -0.1) is 11.3 Å². The highest BCUT2D eigenvalue weighted by atomic mass is 32.1. The molecule has 0 aliphatic carbocycles. The number of hydrogen-bond donors (Lipinski definition) is 0. The molecule has 0 spiro atoms. The van der Waals surface area contributed by atoms with E-state index in [0.717, 1.165) is 24.6 Å². The maximum atomic E-state index is 13.4. The van der Waals surface area contributed by atoms with Crippen molar-refractivity contribution in [3.05, 3.63) is 35.2 Å². The van der Waals surface area contributed by atoms with Crippen molar-refractivity contribution in [1.82, 2.24) is 19.0 Å². The van der Waals surface area contributed by atoms with E-state index in [0.29, 0.717) is 51.8 Å². The summed E-state index contributed by atoms with van der Waals surface area (Å²) < 4.78 is 48.7. The number of rotatable bonds is 4. The Kier molecular flexibility index (Phi) is 5.35. The van der Waals surface area contributed by atoms with Crippen molar-refractivity contribution in [3.8, 4) is 17.3 Å². The summed E-state index contributed by atoms with van der Waals surface area (Å²) >= 11 is 1.26. The molecule has 0 atom stereocenters. The average molecular weight is 477 g/mol. The number of methoxy groups -OCH3 is 1. The molecule has 3 aromatic heterocycles. The lowest BCUT2D eigenvalue weighted by Gasteiger charge is -2.26. The van der Waals surface area contributed by atoms with Crippen molar-refractivity contribution in [2.45, 2.75) is 32.0 Å². The lowest BCUT2D eigenvalue weighted by molar-refractivity contribution is -0.139. The first-order valence-corrected chi connectivity index (χ1v) is 11.6. The molecule has 0 bridgehead atoms. The zero-order chi connectivity index (χ0) is 23.3. The van der Waals surface area contributed by atoms with Gasteiger partial charge in [0.15, 0.2) is 5.82 Å². The summed E-state index contributed by atoms with van der Waals surface area (Å²) in [5.41, 5.74) is 1.98. The van der Waals surface area contributed by atoms with E-state index in [-0.39, 0.29) is 5.91 Å². The van der Waals surface area contributed by atoms with E-state index in [4.69, 9.17) is 4.74 Å². The molecule has 6 nitrogen and oxygen atoms in total. The van der Waals surface area contributed by atoms with E-state index in [1.165, 1.54) is 23.0 Å². The van der Waals surface area contributed by atoms with Gasteiger partial charge in [0.1, 0.15) is 22.6 Å². The van der Waals surface area contributed by atoms with Crippen LogP contribution in [0.3, 0.4) is 0 Å². The fourth-order valence-corrected chi connectivity index (χ4v) is 5.49. The molecule has 1 aliphatic rings. The van der Waals surface area contributed by atoms with Crippen molar-refractivity contribution in [2.75, 3.05) is 20.2 Å². The van der Waals surface area contributed by atoms with Crippen molar-refractivity contribution in [3.63, 3.8) is 0 Å². The van der Waals surface area contributed by atoms with Crippen LogP contribution in [0, 0.1) is 0 Å². The minimum absolute atomic E-state index is 0.0805. The van der Waals surface area contributed by atoms with Crippen LogP contribution in [0.25, 0.3) is 32.8 Å². The Bertz CT molecular complexity index is 1350. The average Bonchev–Trinajstić information content (AvgIpc) is 3.47. The van der Waals surface area contributed by atoms with E-state index in [1.807, 2.05) is 4.90 Å². The lowest BCUT2D eigenvalue weighted by atomic mass is 10.1. The third-order valence-electron chi connectivity index (χ3n) is 6.11. The molecule has 0 N–H and O–H groups in total. The normalized spacial score (nSPS) is 15.0. The fraction of sp³-hybridized carbons (Fsp3) is 0.391. The minimum atomic E-state index is -4.37. The van der Waals surface area contributed by atoms with E-state index in [1.54, 1.807) is 41.3 Å². The second-order valence-electron chi connectivity index (χ2n) is 8.31. The SMILES string of the molecule is COc1cc(C(=O)N2CCCCC2)cc2nc(-c3cc4ccsc4n3CC(F)(F)F)n(C)c12. The largest absolute Gasteiger partial charge is 0.494 e. The number of benzene rings is 1. The van der Waals surface area contributed by atoms with Gasteiger partial charge >= 0.3 is 6.18 Å². The van der Waals surface area contributed by atoms with Gasteiger partial charge in [-0.2, -0.15) is 13.2 Å². The molecule has 1 aromatic carbocycles. The van der Waals surface area contributed by atoms with Gasteiger partial charge < -0.3 is 18.8 Å². The summed E-state index contributed by atoms with van der Waals surface area (Å²) in [5.74, 6) is 0.770. The molecule has 10 heteroatoms. The van der Waals surface area contributed by atoms with Crippen molar-refractivity contribution in [1.29, 1.82) is 0 Å². The van der Waals surface area contributed by atoms with Crippen LogP contribution in [0.1, 0.15) is 29.6 Å². The van der Waals surface area contributed by atoms with Crippen LogP contribution in [-0.4, -0.2) is 51.3 Å². The molecule has 33 heavy (non-hydrogen) atoms. The summed E-state index contributed by atoms with van der Waals surface area (Å²) in [4.78, 5) is 20.1. The van der Waals surface area contributed by atoms with Gasteiger partial charge in [-0.1, -0.05) is 0 Å². The summed E-state index contributed by atoms with van der Waals surface area (Å²) in [5, 5.41) is 2.51. The Morgan fingerprint density at radius 1 is 1.18 bits per heavy atom. The number of aryl methyl sites for hydroxylation is 1. The topological polar surface area (TPSA) is 52.3 Å². The number of halogens is 3. The molecule has 1 aliphatic heterocycles. The molecule has 4 aromatic rings. The number of piperidine rings is 1. The number of alkyl halides is 3. The van der Waals surface area contributed by atoms with E-state index < -0.39 is 12.7 Å². The zero-order valence-electron chi connectivity index (χ0n) is 18.3. The Balaban J connectivity index is 1.65. The third-order valence-corrected chi connectivity index (χ3v) is 7.06. The Morgan fingerprint density at radius 3 is 2.64 bits per heavy atom. The van der Waals surface area contributed by atoms with Crippen molar-refractivity contribution in [2.24, 2.45) is 7.05 Å². The predicted molar refractivity (Wildman–Crippen MR) is 122 cm³/mol. The molecule has 174 valence electrons. The number of fused-ring (bicyclic) bond motifs is 2. The predicted octanol–water partition coefficient (Wildman–Crippen LogP) is 5.45. The standard InChI is InChI=1S/C23H23F3N4O2S/c1-28-19-16(10-15(12-18(19)32-2)21(31)29-7-4-3-5-8-29)27-20(28)17-11-14-6-9-33-22(14)30(17)13-23(24,25)26/h6,9-12H,3-5,7-8,13H2,1-2H3. The van der Waals surface area contributed by atoms with E-state index >= 15 is 0 Å². The maximum Gasteiger partial charge on any atom is 0.406 e. The van der Waals surface area contributed by atoms with Gasteiger partial charge in [-0.05, 0) is 48.9 Å². The number of amides is 1. The van der Waals surface area contributed by atoms with E-state index in [9.17, 15) is 18.0 Å². The molecule has 0 saturated carbocycles. The third kappa shape index (κ3) is 3.86. The number of imidazole rings is 1. The number of ether oxygens (including phenoxy) is 1. The van der Waals surface area contributed by atoms with Gasteiger partial charge in [-0.25, -0.2) is 4.98 Å². The quantitative estimate of drug-likeness (QED) is 0.393. The number of thiophene rings is 1. The van der Waals surface area contributed by atoms with Gasteiger partial charge in [0.25, 0.3) is 5.91 Å². The summed E-state index contributed by atoms with van der Waals surface area (Å²) in [6.07, 6.45) is -1.30. The molecular formula is C23H23F3N4O2S. The van der Waals surface area contributed by atoms with Crippen molar-refractivity contribution >= 4 is 38.5 Å². The Labute approximate surface area is 192 Å². The van der Waals surface area contributed by atoms with Crippen LogP contribution < -0.4 is 4.74 Å². The number of nitrogens with zero attached hydrogens (tertiary/aromatic N) is 4. The van der Waals surface area contributed by atoms with Gasteiger partial charge in [-0.3, -0.25) is 4.79 Å². The van der Waals surface area contributed by atoms with Crippen LogP contribution >= 0.6 is 11.3 Å². The highest BCUT2D eigenvalue weighted by Crippen LogP contribution is 2.37. The number of carbonyl (C=O) groups excluding carboxylic acids is 1. The summed E-state index contributed by atoms with van der Waals surface area (Å²) in [7, 11) is 3.26. The second kappa shape index (κ2) is 8.09. The molecule has 0 unspecified atom stereocenters. The van der Waals surface area contributed by atoms with Gasteiger partial charge in [0.2, 0.25) is 0 Å². The molecule has 4 heterocycles. The Hall–Kier alpha value is -3.01. The summed E-state index contributed by atoms with van der Waals surface area (Å²) in [6.45, 7) is 0.327. The lowest BCUT2D eigenvalue weighted by Crippen LogP contribution is -2.35. The second-order valence-corrected chi connectivity index (χ2v) is 9.20. The first-order valence-electron chi connectivity index (χ1n) is 10.7. The molecule has 5 rings (SSSR count). The van der Waals surface area contributed by atoms with Gasteiger partial charge in [0, 0.05) is 31.1 Å². The first-order chi connectivity index (χ1) is 15.8. The smallest absolute Gasteiger partial charge is 0.406 e. The zero-order valence-corrected chi connectivity index (χ0v) is 19.1. The molecular weight excluding hydrogens is 453 g/mol. The van der Waals surface area contributed by atoms with Gasteiger partial charge in [0.05, 0.1) is 18.3 Å². The fourth-order valence-electron chi connectivity index (χ4n) is 4.59. The monoisotopic (exact) mass is 476 g/mol. The minimum Gasteiger partial charge on any atom is -0.494 e. The van der Waals surface area contributed by atoms with Crippen molar-refractivity contribution < 1.29 is 22.7 Å². The van der Waals surface area contributed by atoms with Crippen LogP contribution in [0.15, 0.2) is 29.6 Å². The number of hydrogen-bond acceptors (Lipinski definition) is 4. The Morgan fingerprint density at radius 2 is 1.94 bits per heavy atom. The highest BCUT2D eigenvalue weighted by Gasteiger charge is 2.31. The van der Waals surface area contributed by atoms with Crippen LogP contribution in [-0.2, 0) is 13.6 Å². The maximum absolute atomic E-state index is 13.4. The highest BCUT2D eigenvalue weighted by molar-refractivity contribution is 7.16.